The highest BCUT2D eigenvalue weighted by Gasteiger charge is 2.40. The van der Waals surface area contributed by atoms with Crippen LogP contribution in [0.4, 0.5) is 0 Å². The maximum absolute atomic E-state index is 5.81. The Labute approximate surface area is 102 Å². The van der Waals surface area contributed by atoms with E-state index in [0.717, 1.165) is 37.0 Å². The second kappa shape index (κ2) is 4.70. The Morgan fingerprint density at radius 1 is 1.41 bits per heavy atom. The first-order chi connectivity index (χ1) is 8.33. The zero-order valence-electron chi connectivity index (χ0n) is 10.2. The molecule has 17 heavy (non-hydrogen) atoms. The molecule has 4 nitrogen and oxygen atoms in total. The SMILES string of the molecule is Cc1nccc(CNC2CCOC2C2CC2)n1. The van der Waals surface area contributed by atoms with Crippen LogP contribution in [-0.4, -0.2) is 28.7 Å². The molecular formula is C13H19N3O. The number of hydrogen-bond acceptors (Lipinski definition) is 4. The van der Waals surface area contributed by atoms with Gasteiger partial charge in [0.25, 0.3) is 0 Å². The molecule has 2 fully saturated rings. The highest BCUT2D eigenvalue weighted by Crippen LogP contribution is 2.38. The molecule has 1 aromatic heterocycles. The van der Waals surface area contributed by atoms with E-state index in [1.807, 2.05) is 19.2 Å². The molecule has 0 radical (unpaired) electrons. The summed E-state index contributed by atoms with van der Waals surface area (Å²) in [6.07, 6.45) is 6.08. The molecule has 92 valence electrons. The van der Waals surface area contributed by atoms with Crippen LogP contribution in [0.5, 0.6) is 0 Å². The van der Waals surface area contributed by atoms with Crippen LogP contribution in [0.2, 0.25) is 0 Å². The van der Waals surface area contributed by atoms with Gasteiger partial charge in [-0.15, -0.1) is 0 Å². The van der Waals surface area contributed by atoms with Crippen LogP contribution < -0.4 is 5.32 Å². The standard InChI is InChI=1S/C13H19N3O/c1-9-14-6-4-11(16-9)8-15-12-5-7-17-13(12)10-2-3-10/h4,6,10,12-13,15H,2-3,5,7-8H2,1H3. The molecule has 1 saturated carbocycles. The summed E-state index contributed by atoms with van der Waals surface area (Å²) in [7, 11) is 0. The average molecular weight is 233 g/mol. The van der Waals surface area contributed by atoms with E-state index in [2.05, 4.69) is 15.3 Å². The van der Waals surface area contributed by atoms with Crippen molar-refractivity contribution in [3.05, 3.63) is 23.8 Å². The lowest BCUT2D eigenvalue weighted by Gasteiger charge is -2.19. The number of aryl methyl sites for hydroxylation is 1. The molecule has 1 N–H and O–H groups in total. The van der Waals surface area contributed by atoms with Crippen molar-refractivity contribution in [2.75, 3.05) is 6.61 Å². The van der Waals surface area contributed by atoms with Gasteiger partial charge in [0, 0.05) is 25.4 Å². The predicted octanol–water partition coefficient (Wildman–Crippen LogP) is 1.44. The van der Waals surface area contributed by atoms with E-state index >= 15 is 0 Å². The van der Waals surface area contributed by atoms with Crippen LogP contribution in [0.25, 0.3) is 0 Å². The molecule has 0 bridgehead atoms. The lowest BCUT2D eigenvalue weighted by atomic mass is 10.1. The second-order valence-corrected chi connectivity index (χ2v) is 5.04. The molecule has 1 saturated heterocycles. The van der Waals surface area contributed by atoms with Crippen molar-refractivity contribution in [2.24, 2.45) is 5.92 Å². The van der Waals surface area contributed by atoms with Gasteiger partial charge >= 0.3 is 0 Å². The van der Waals surface area contributed by atoms with Crippen molar-refractivity contribution in [3.63, 3.8) is 0 Å². The van der Waals surface area contributed by atoms with Crippen LogP contribution in [0.15, 0.2) is 12.3 Å². The molecule has 2 aliphatic rings. The van der Waals surface area contributed by atoms with Gasteiger partial charge < -0.3 is 10.1 Å². The summed E-state index contributed by atoms with van der Waals surface area (Å²) in [5.74, 6) is 1.65. The minimum Gasteiger partial charge on any atom is -0.376 e. The third kappa shape index (κ3) is 2.64. The zero-order chi connectivity index (χ0) is 11.7. The molecule has 4 heteroatoms. The number of rotatable bonds is 4. The highest BCUT2D eigenvalue weighted by molar-refractivity contribution is 5.02. The molecule has 0 spiro atoms. The van der Waals surface area contributed by atoms with Crippen LogP contribution in [-0.2, 0) is 11.3 Å². The van der Waals surface area contributed by atoms with Crippen LogP contribution in [0.3, 0.4) is 0 Å². The van der Waals surface area contributed by atoms with Crippen molar-refractivity contribution < 1.29 is 4.74 Å². The van der Waals surface area contributed by atoms with Gasteiger partial charge in [0.05, 0.1) is 11.8 Å². The number of hydrogen-bond donors (Lipinski definition) is 1. The van der Waals surface area contributed by atoms with E-state index in [0.29, 0.717) is 12.1 Å². The van der Waals surface area contributed by atoms with E-state index < -0.39 is 0 Å². The molecule has 3 rings (SSSR count). The van der Waals surface area contributed by atoms with Crippen LogP contribution >= 0.6 is 0 Å². The monoisotopic (exact) mass is 233 g/mol. The Kier molecular flexibility index (Phi) is 3.07. The zero-order valence-corrected chi connectivity index (χ0v) is 10.2. The van der Waals surface area contributed by atoms with Crippen molar-refractivity contribution in [1.29, 1.82) is 0 Å². The number of nitrogens with one attached hydrogen (secondary N) is 1. The quantitative estimate of drug-likeness (QED) is 0.855. The maximum Gasteiger partial charge on any atom is 0.125 e. The number of nitrogens with zero attached hydrogens (tertiary/aromatic N) is 2. The normalized spacial score (nSPS) is 28.5. The summed E-state index contributed by atoms with van der Waals surface area (Å²) in [6.45, 7) is 3.65. The number of aromatic nitrogens is 2. The van der Waals surface area contributed by atoms with Gasteiger partial charge in [-0.2, -0.15) is 0 Å². The van der Waals surface area contributed by atoms with Gasteiger partial charge in [-0.05, 0) is 38.2 Å². The fourth-order valence-corrected chi connectivity index (χ4v) is 2.56. The molecule has 0 amide bonds. The third-order valence-corrected chi connectivity index (χ3v) is 3.60. The minimum absolute atomic E-state index is 0.443. The summed E-state index contributed by atoms with van der Waals surface area (Å²) >= 11 is 0. The van der Waals surface area contributed by atoms with Gasteiger partial charge in [0.15, 0.2) is 0 Å². The van der Waals surface area contributed by atoms with E-state index in [4.69, 9.17) is 4.74 Å². The molecule has 1 aromatic rings. The molecule has 2 heterocycles. The largest absolute Gasteiger partial charge is 0.376 e. The Hall–Kier alpha value is -1.00. The molecule has 1 aliphatic carbocycles. The minimum atomic E-state index is 0.443. The van der Waals surface area contributed by atoms with Crippen LogP contribution in [0.1, 0.15) is 30.8 Å². The second-order valence-electron chi connectivity index (χ2n) is 5.04. The average Bonchev–Trinajstić information content (AvgIpc) is 3.06. The summed E-state index contributed by atoms with van der Waals surface area (Å²) in [6, 6.07) is 2.49. The maximum atomic E-state index is 5.81. The molecule has 2 unspecified atom stereocenters. The smallest absolute Gasteiger partial charge is 0.125 e. The first kappa shape index (κ1) is 11.1. The summed E-state index contributed by atoms with van der Waals surface area (Å²) in [5.41, 5.74) is 1.07. The van der Waals surface area contributed by atoms with Crippen molar-refractivity contribution in [2.45, 2.75) is 44.9 Å². The third-order valence-electron chi connectivity index (χ3n) is 3.60. The van der Waals surface area contributed by atoms with Gasteiger partial charge in [-0.1, -0.05) is 0 Å². The van der Waals surface area contributed by atoms with E-state index in [1.54, 1.807) is 0 Å². The Morgan fingerprint density at radius 3 is 3.06 bits per heavy atom. The van der Waals surface area contributed by atoms with Gasteiger partial charge in [0.2, 0.25) is 0 Å². The van der Waals surface area contributed by atoms with Crippen molar-refractivity contribution in [1.82, 2.24) is 15.3 Å². The summed E-state index contributed by atoms with van der Waals surface area (Å²) < 4.78 is 5.81. The molecular weight excluding hydrogens is 214 g/mol. The van der Waals surface area contributed by atoms with E-state index in [1.165, 1.54) is 12.8 Å². The lowest BCUT2D eigenvalue weighted by Crippen LogP contribution is -2.37. The predicted molar refractivity (Wildman–Crippen MR) is 64.5 cm³/mol. The summed E-state index contributed by atoms with van der Waals surface area (Å²) in [4.78, 5) is 8.51. The Balaban J connectivity index is 1.56. The first-order valence-electron chi connectivity index (χ1n) is 6.46. The topological polar surface area (TPSA) is 47.0 Å². The first-order valence-corrected chi connectivity index (χ1v) is 6.46. The van der Waals surface area contributed by atoms with Crippen molar-refractivity contribution >= 4 is 0 Å². The van der Waals surface area contributed by atoms with Crippen molar-refractivity contribution in [3.8, 4) is 0 Å². The Morgan fingerprint density at radius 2 is 2.29 bits per heavy atom. The summed E-state index contributed by atoms with van der Waals surface area (Å²) in [5, 5.41) is 3.58. The fourth-order valence-electron chi connectivity index (χ4n) is 2.56. The fraction of sp³-hybridized carbons (Fsp3) is 0.692. The molecule has 0 aromatic carbocycles. The molecule has 2 atom stereocenters. The van der Waals surface area contributed by atoms with E-state index in [-0.39, 0.29) is 0 Å². The van der Waals surface area contributed by atoms with Crippen LogP contribution in [0, 0.1) is 12.8 Å². The lowest BCUT2D eigenvalue weighted by molar-refractivity contribution is 0.0808. The highest BCUT2D eigenvalue weighted by atomic mass is 16.5. The number of ether oxygens (including phenoxy) is 1. The van der Waals surface area contributed by atoms with Gasteiger partial charge in [0.1, 0.15) is 5.82 Å². The van der Waals surface area contributed by atoms with E-state index in [9.17, 15) is 0 Å². The Bertz CT molecular complexity index is 392. The van der Waals surface area contributed by atoms with Gasteiger partial charge in [-0.25, -0.2) is 9.97 Å². The molecule has 1 aliphatic heterocycles. The van der Waals surface area contributed by atoms with Gasteiger partial charge in [-0.3, -0.25) is 0 Å².